The molecule has 0 aliphatic rings. The smallest absolute Gasteiger partial charge is 0.240 e. The van der Waals surface area contributed by atoms with Crippen LogP contribution in [0.1, 0.15) is 25.3 Å². The van der Waals surface area contributed by atoms with Crippen molar-refractivity contribution in [1.82, 2.24) is 9.62 Å². The molecule has 1 aromatic carbocycles. The molecule has 8 heteroatoms. The van der Waals surface area contributed by atoms with E-state index < -0.39 is 10.0 Å². The molecule has 1 rings (SSSR count). The first-order chi connectivity index (χ1) is 10.2. The van der Waals surface area contributed by atoms with Gasteiger partial charge in [0.05, 0.1) is 4.90 Å². The van der Waals surface area contributed by atoms with Crippen LogP contribution >= 0.6 is 12.4 Å². The zero-order valence-corrected chi connectivity index (χ0v) is 15.4. The third-order valence-corrected chi connectivity index (χ3v) is 4.79. The predicted molar refractivity (Wildman–Crippen MR) is 94.1 cm³/mol. The van der Waals surface area contributed by atoms with E-state index in [4.69, 9.17) is 5.73 Å². The summed E-state index contributed by atoms with van der Waals surface area (Å²) < 4.78 is 26.7. The highest BCUT2D eigenvalue weighted by molar-refractivity contribution is 7.89. The molecule has 0 heterocycles. The lowest BCUT2D eigenvalue weighted by atomic mass is 10.2. The molecule has 132 valence electrons. The Labute approximate surface area is 144 Å². The van der Waals surface area contributed by atoms with Crippen LogP contribution in [0.5, 0.6) is 0 Å². The standard InChI is InChI=1S/C15H25N3O3S.ClH/c1-12-4-7-14(8-5-12)22(20,21)17-10-11-18(3)15(19)9-6-13(2)16;/h4-5,7-8,13,17H,6,9-11,16H2,1-3H3;1H. The van der Waals surface area contributed by atoms with E-state index in [1.807, 2.05) is 13.8 Å². The molecule has 0 fully saturated rings. The summed E-state index contributed by atoms with van der Waals surface area (Å²) in [6, 6.07) is 6.61. The molecule has 0 aliphatic carbocycles. The van der Waals surface area contributed by atoms with Crippen LogP contribution in [0.3, 0.4) is 0 Å². The van der Waals surface area contributed by atoms with Gasteiger partial charge in [-0.3, -0.25) is 4.79 Å². The number of halogens is 1. The van der Waals surface area contributed by atoms with E-state index in [9.17, 15) is 13.2 Å². The average molecular weight is 364 g/mol. The summed E-state index contributed by atoms with van der Waals surface area (Å²) in [5.74, 6) is -0.0353. The summed E-state index contributed by atoms with van der Waals surface area (Å²) in [6.07, 6.45) is 0.997. The van der Waals surface area contributed by atoms with E-state index in [0.29, 0.717) is 19.4 Å². The van der Waals surface area contributed by atoms with E-state index in [0.717, 1.165) is 5.56 Å². The van der Waals surface area contributed by atoms with Crippen molar-refractivity contribution >= 4 is 28.3 Å². The summed E-state index contributed by atoms with van der Waals surface area (Å²) >= 11 is 0. The summed E-state index contributed by atoms with van der Waals surface area (Å²) in [5, 5.41) is 0. The maximum atomic E-state index is 12.1. The zero-order chi connectivity index (χ0) is 16.8. The molecule has 0 saturated heterocycles. The largest absolute Gasteiger partial charge is 0.344 e. The van der Waals surface area contributed by atoms with Crippen molar-refractivity contribution in [3.05, 3.63) is 29.8 Å². The van der Waals surface area contributed by atoms with Crippen LogP contribution in [0.15, 0.2) is 29.2 Å². The molecule has 1 unspecified atom stereocenters. The minimum atomic E-state index is -3.53. The van der Waals surface area contributed by atoms with Gasteiger partial charge >= 0.3 is 0 Å². The van der Waals surface area contributed by atoms with E-state index in [2.05, 4.69) is 4.72 Å². The summed E-state index contributed by atoms with van der Waals surface area (Å²) in [4.78, 5) is 13.5. The Bertz CT molecular complexity index is 588. The summed E-state index contributed by atoms with van der Waals surface area (Å²) in [7, 11) is -1.88. The molecule has 1 aromatic rings. The molecular weight excluding hydrogens is 338 g/mol. The number of benzene rings is 1. The van der Waals surface area contributed by atoms with Gasteiger partial charge in [0.1, 0.15) is 0 Å². The maximum Gasteiger partial charge on any atom is 0.240 e. The molecule has 3 N–H and O–H groups in total. The van der Waals surface area contributed by atoms with Crippen molar-refractivity contribution in [2.75, 3.05) is 20.1 Å². The number of likely N-dealkylation sites (N-methyl/N-ethyl adjacent to an activating group) is 1. The first-order valence-electron chi connectivity index (χ1n) is 7.28. The molecule has 6 nitrogen and oxygen atoms in total. The van der Waals surface area contributed by atoms with E-state index >= 15 is 0 Å². The van der Waals surface area contributed by atoms with E-state index in [-0.39, 0.29) is 35.8 Å². The number of aryl methyl sites for hydroxylation is 1. The lowest BCUT2D eigenvalue weighted by Gasteiger charge is -2.18. The molecule has 0 radical (unpaired) electrons. The molecule has 23 heavy (non-hydrogen) atoms. The van der Waals surface area contributed by atoms with Gasteiger partial charge in [0.15, 0.2) is 0 Å². The number of nitrogens with zero attached hydrogens (tertiary/aromatic N) is 1. The molecule has 0 saturated carbocycles. The van der Waals surface area contributed by atoms with Gasteiger partial charge in [0.2, 0.25) is 15.9 Å². The Hall–Kier alpha value is -1.15. The average Bonchev–Trinajstić information content (AvgIpc) is 2.44. The molecule has 0 spiro atoms. The van der Waals surface area contributed by atoms with Gasteiger partial charge in [-0.1, -0.05) is 17.7 Å². The number of amides is 1. The second-order valence-electron chi connectivity index (χ2n) is 5.54. The van der Waals surface area contributed by atoms with Crippen molar-refractivity contribution in [3.8, 4) is 0 Å². The molecule has 1 amide bonds. The van der Waals surface area contributed by atoms with Crippen LogP contribution in [0, 0.1) is 6.92 Å². The highest BCUT2D eigenvalue weighted by Crippen LogP contribution is 2.09. The summed E-state index contributed by atoms with van der Waals surface area (Å²) in [6.45, 7) is 4.25. The highest BCUT2D eigenvalue weighted by atomic mass is 35.5. The number of carbonyl (C=O) groups excluding carboxylic acids is 1. The van der Waals surface area contributed by atoms with Crippen LogP contribution in [-0.2, 0) is 14.8 Å². The van der Waals surface area contributed by atoms with Crippen LogP contribution < -0.4 is 10.5 Å². The molecule has 0 aliphatic heterocycles. The van der Waals surface area contributed by atoms with Crippen LogP contribution in [0.4, 0.5) is 0 Å². The number of carbonyl (C=O) groups is 1. The quantitative estimate of drug-likeness (QED) is 0.727. The van der Waals surface area contributed by atoms with Gasteiger partial charge in [0, 0.05) is 32.6 Å². The lowest BCUT2D eigenvalue weighted by Crippen LogP contribution is -2.36. The Morgan fingerprint density at radius 3 is 2.39 bits per heavy atom. The van der Waals surface area contributed by atoms with Crippen LogP contribution in [-0.4, -0.2) is 45.4 Å². The second-order valence-corrected chi connectivity index (χ2v) is 7.31. The monoisotopic (exact) mass is 363 g/mol. The second kappa shape index (κ2) is 9.87. The van der Waals surface area contributed by atoms with Crippen LogP contribution in [0.2, 0.25) is 0 Å². The molecule has 0 aromatic heterocycles. The normalized spacial score (nSPS) is 12.3. The fraction of sp³-hybridized carbons (Fsp3) is 0.533. The van der Waals surface area contributed by atoms with Gasteiger partial charge in [-0.25, -0.2) is 13.1 Å². The Kier molecular flexibility index (Phi) is 9.38. The van der Waals surface area contributed by atoms with Crippen molar-refractivity contribution in [1.29, 1.82) is 0 Å². The first-order valence-corrected chi connectivity index (χ1v) is 8.76. The Balaban J connectivity index is 0.00000484. The fourth-order valence-electron chi connectivity index (χ4n) is 1.82. The molecule has 1 atom stereocenters. The van der Waals surface area contributed by atoms with Gasteiger partial charge in [0.25, 0.3) is 0 Å². The Morgan fingerprint density at radius 2 is 1.87 bits per heavy atom. The third-order valence-electron chi connectivity index (χ3n) is 3.31. The van der Waals surface area contributed by atoms with E-state index in [1.165, 1.54) is 4.90 Å². The lowest BCUT2D eigenvalue weighted by molar-refractivity contribution is -0.130. The minimum Gasteiger partial charge on any atom is -0.344 e. The number of hydrogen-bond acceptors (Lipinski definition) is 4. The molecular formula is C15H26ClN3O3S. The minimum absolute atomic E-state index is 0. The first kappa shape index (κ1) is 21.9. The predicted octanol–water partition coefficient (Wildman–Crippen LogP) is 1.28. The topological polar surface area (TPSA) is 92.5 Å². The van der Waals surface area contributed by atoms with Crippen molar-refractivity contribution in [3.63, 3.8) is 0 Å². The number of rotatable bonds is 8. The number of hydrogen-bond donors (Lipinski definition) is 2. The highest BCUT2D eigenvalue weighted by Gasteiger charge is 2.14. The van der Waals surface area contributed by atoms with Gasteiger partial charge in [-0.2, -0.15) is 0 Å². The molecule has 0 bridgehead atoms. The Morgan fingerprint density at radius 1 is 1.30 bits per heavy atom. The number of sulfonamides is 1. The van der Waals surface area contributed by atoms with E-state index in [1.54, 1.807) is 31.3 Å². The maximum absolute atomic E-state index is 12.1. The van der Waals surface area contributed by atoms with Gasteiger partial charge < -0.3 is 10.6 Å². The van der Waals surface area contributed by atoms with Gasteiger partial charge in [-0.05, 0) is 32.4 Å². The fourth-order valence-corrected chi connectivity index (χ4v) is 2.84. The SMILES string of the molecule is Cc1ccc(S(=O)(=O)NCCN(C)C(=O)CCC(C)N)cc1.Cl. The third kappa shape index (κ3) is 7.78. The van der Waals surface area contributed by atoms with Gasteiger partial charge in [-0.15, -0.1) is 12.4 Å². The number of nitrogens with two attached hydrogens (primary N) is 1. The van der Waals surface area contributed by atoms with Crippen molar-refractivity contribution in [2.24, 2.45) is 5.73 Å². The van der Waals surface area contributed by atoms with Crippen molar-refractivity contribution < 1.29 is 13.2 Å². The van der Waals surface area contributed by atoms with Crippen molar-refractivity contribution in [2.45, 2.75) is 37.6 Å². The zero-order valence-electron chi connectivity index (χ0n) is 13.8. The number of nitrogens with one attached hydrogen (secondary N) is 1. The summed E-state index contributed by atoms with van der Waals surface area (Å²) in [5.41, 5.74) is 6.61. The van der Waals surface area contributed by atoms with Crippen LogP contribution in [0.25, 0.3) is 0 Å².